The Hall–Kier alpha value is -0.910. The highest BCUT2D eigenvalue weighted by Crippen LogP contribution is 2.46. The quantitative estimate of drug-likeness (QED) is 0.457. The van der Waals surface area contributed by atoms with E-state index in [1.807, 2.05) is 0 Å². The molecule has 0 radical (unpaired) electrons. The number of hydrogen-bond donors (Lipinski definition) is 0. The maximum absolute atomic E-state index is 12.3. The summed E-state index contributed by atoms with van der Waals surface area (Å²) >= 11 is 0. The lowest BCUT2D eigenvalue weighted by atomic mass is 9.78. The molecule has 0 amide bonds. The molecule has 1 aliphatic rings. The van der Waals surface area contributed by atoms with Crippen LogP contribution < -0.4 is 0 Å². The van der Waals surface area contributed by atoms with Crippen LogP contribution in [0.15, 0.2) is 12.2 Å². The molecule has 9 heavy (non-hydrogen) atoms. The molecule has 0 aromatic heterocycles. The van der Waals surface area contributed by atoms with Crippen molar-refractivity contribution in [3.63, 3.8) is 0 Å². The van der Waals surface area contributed by atoms with Crippen molar-refractivity contribution in [3.05, 3.63) is 12.2 Å². The second-order valence-corrected chi connectivity index (χ2v) is 2.11. The molecule has 1 fully saturated rings. The third-order valence-corrected chi connectivity index (χ3v) is 1.52. The van der Waals surface area contributed by atoms with Gasteiger partial charge in [-0.2, -0.15) is 5.26 Å². The van der Waals surface area contributed by atoms with E-state index in [0.29, 0.717) is 0 Å². The van der Waals surface area contributed by atoms with Gasteiger partial charge in [0.25, 0.3) is 5.92 Å². The van der Waals surface area contributed by atoms with Gasteiger partial charge in [-0.15, -0.1) is 0 Å². The second-order valence-electron chi connectivity index (χ2n) is 2.11. The van der Waals surface area contributed by atoms with Crippen molar-refractivity contribution in [2.45, 2.75) is 12.3 Å². The zero-order chi connectivity index (χ0) is 7.07. The van der Waals surface area contributed by atoms with Crippen LogP contribution in [0.5, 0.6) is 0 Å². The lowest BCUT2D eigenvalue weighted by Gasteiger charge is -2.33. The van der Waals surface area contributed by atoms with Crippen molar-refractivity contribution in [2.24, 2.45) is 5.92 Å². The highest BCUT2D eigenvalue weighted by atomic mass is 19.3. The molecule has 1 saturated carbocycles. The standard InChI is InChI=1S/C6H5F2N/c1-4-2-5(3-9)6(4,7)8/h5H,1-2H2. The normalized spacial score (nSPS) is 30.8. The molecule has 48 valence electrons. The van der Waals surface area contributed by atoms with E-state index in [1.165, 1.54) is 6.07 Å². The first-order chi connectivity index (χ1) is 4.09. The first-order valence-electron chi connectivity index (χ1n) is 2.54. The van der Waals surface area contributed by atoms with Crippen LogP contribution >= 0.6 is 0 Å². The smallest absolute Gasteiger partial charge is 0.200 e. The number of hydrogen-bond acceptors (Lipinski definition) is 1. The summed E-state index contributed by atoms with van der Waals surface area (Å²) < 4.78 is 24.5. The molecule has 1 rings (SSSR count). The Balaban J connectivity index is 2.72. The molecule has 0 aromatic rings. The van der Waals surface area contributed by atoms with Crippen molar-refractivity contribution in [1.29, 1.82) is 5.26 Å². The summed E-state index contributed by atoms with van der Waals surface area (Å²) in [6.45, 7) is 3.11. The molecule has 1 unspecified atom stereocenters. The molecule has 0 aromatic carbocycles. The molecule has 3 heteroatoms. The van der Waals surface area contributed by atoms with E-state index >= 15 is 0 Å². The van der Waals surface area contributed by atoms with E-state index in [0.717, 1.165) is 0 Å². The summed E-state index contributed by atoms with van der Waals surface area (Å²) in [6, 6.07) is 1.51. The van der Waals surface area contributed by atoms with E-state index in [1.54, 1.807) is 0 Å². The Morgan fingerprint density at radius 3 is 2.44 bits per heavy atom. The molecule has 0 saturated heterocycles. The zero-order valence-corrected chi connectivity index (χ0v) is 4.69. The molecule has 1 nitrogen and oxygen atoms in total. The Morgan fingerprint density at radius 2 is 2.33 bits per heavy atom. The average molecular weight is 129 g/mol. The van der Waals surface area contributed by atoms with Crippen molar-refractivity contribution in [1.82, 2.24) is 0 Å². The molecule has 0 N–H and O–H groups in total. The van der Waals surface area contributed by atoms with E-state index in [2.05, 4.69) is 6.58 Å². The highest BCUT2D eigenvalue weighted by molar-refractivity contribution is 5.26. The summed E-state index contributed by atoms with van der Waals surface area (Å²) in [5.74, 6) is -4.03. The molecule has 0 bridgehead atoms. The van der Waals surface area contributed by atoms with Crippen LogP contribution in [-0.4, -0.2) is 5.92 Å². The zero-order valence-electron chi connectivity index (χ0n) is 4.69. The first-order valence-corrected chi connectivity index (χ1v) is 2.54. The Kier molecular flexibility index (Phi) is 1.06. The van der Waals surface area contributed by atoms with Crippen LogP contribution in [0.4, 0.5) is 8.78 Å². The minimum atomic E-state index is -2.91. The van der Waals surface area contributed by atoms with Crippen LogP contribution in [0.2, 0.25) is 0 Å². The van der Waals surface area contributed by atoms with Gasteiger partial charge in [0, 0.05) is 0 Å². The topological polar surface area (TPSA) is 23.8 Å². The summed E-state index contributed by atoms with van der Waals surface area (Å²) in [5.41, 5.74) is -0.117. The first kappa shape index (κ1) is 6.21. The van der Waals surface area contributed by atoms with Crippen LogP contribution in [0.3, 0.4) is 0 Å². The number of alkyl halides is 2. The number of halogens is 2. The van der Waals surface area contributed by atoms with Crippen LogP contribution in [0.1, 0.15) is 6.42 Å². The van der Waals surface area contributed by atoms with Crippen LogP contribution in [0.25, 0.3) is 0 Å². The van der Waals surface area contributed by atoms with E-state index < -0.39 is 11.8 Å². The summed E-state index contributed by atoms with van der Waals surface area (Å²) in [5, 5.41) is 8.07. The SMILES string of the molecule is C=C1CC(C#N)C1(F)F. The number of nitriles is 1. The number of allylic oxidation sites excluding steroid dienone is 1. The molecule has 0 spiro atoms. The fraction of sp³-hybridized carbons (Fsp3) is 0.500. The third kappa shape index (κ3) is 0.629. The van der Waals surface area contributed by atoms with E-state index in [4.69, 9.17) is 5.26 Å². The van der Waals surface area contributed by atoms with Gasteiger partial charge >= 0.3 is 0 Å². The fourth-order valence-electron chi connectivity index (χ4n) is 0.753. The fourth-order valence-corrected chi connectivity index (χ4v) is 0.753. The number of rotatable bonds is 0. The largest absolute Gasteiger partial charge is 0.284 e. The van der Waals surface area contributed by atoms with E-state index in [9.17, 15) is 8.78 Å². The molecule has 1 aliphatic carbocycles. The molecular weight excluding hydrogens is 124 g/mol. The highest BCUT2D eigenvalue weighted by Gasteiger charge is 2.52. The Bertz CT molecular complexity index is 190. The van der Waals surface area contributed by atoms with Gasteiger partial charge in [-0.3, -0.25) is 0 Å². The van der Waals surface area contributed by atoms with Crippen molar-refractivity contribution >= 4 is 0 Å². The monoisotopic (exact) mass is 129 g/mol. The van der Waals surface area contributed by atoms with Crippen molar-refractivity contribution < 1.29 is 8.78 Å². The summed E-state index contributed by atoms with van der Waals surface area (Å²) in [4.78, 5) is 0. The van der Waals surface area contributed by atoms with Gasteiger partial charge in [0.05, 0.1) is 6.07 Å². The van der Waals surface area contributed by atoms with E-state index in [-0.39, 0.29) is 12.0 Å². The average Bonchev–Trinajstić information content (AvgIpc) is 1.82. The Labute approximate surface area is 51.6 Å². The summed E-state index contributed by atoms with van der Waals surface area (Å²) in [7, 11) is 0. The lowest BCUT2D eigenvalue weighted by Crippen LogP contribution is -2.40. The molecule has 1 atom stereocenters. The van der Waals surface area contributed by atoms with Gasteiger partial charge in [-0.05, 0) is 12.0 Å². The van der Waals surface area contributed by atoms with Gasteiger partial charge < -0.3 is 0 Å². The molecule has 0 heterocycles. The predicted octanol–water partition coefficient (Wildman–Crippen LogP) is 1.72. The Morgan fingerprint density at radius 1 is 1.78 bits per heavy atom. The van der Waals surface area contributed by atoms with Gasteiger partial charge in [0.2, 0.25) is 0 Å². The predicted molar refractivity (Wildman–Crippen MR) is 27.8 cm³/mol. The van der Waals surface area contributed by atoms with Gasteiger partial charge in [0.1, 0.15) is 5.92 Å². The van der Waals surface area contributed by atoms with Gasteiger partial charge in [-0.25, -0.2) is 8.78 Å². The number of nitrogens with zero attached hydrogens (tertiary/aromatic N) is 1. The molecular formula is C6H5F2N. The summed E-state index contributed by atoms with van der Waals surface area (Å²) in [6.07, 6.45) is 0.156. The van der Waals surface area contributed by atoms with Gasteiger partial charge in [0.15, 0.2) is 0 Å². The second kappa shape index (κ2) is 1.53. The van der Waals surface area contributed by atoms with Crippen LogP contribution in [-0.2, 0) is 0 Å². The minimum absolute atomic E-state index is 0.117. The lowest BCUT2D eigenvalue weighted by molar-refractivity contribution is -0.0470. The maximum atomic E-state index is 12.3. The molecule has 0 aliphatic heterocycles. The minimum Gasteiger partial charge on any atom is -0.200 e. The van der Waals surface area contributed by atoms with Crippen molar-refractivity contribution in [3.8, 4) is 6.07 Å². The van der Waals surface area contributed by atoms with Gasteiger partial charge in [-0.1, -0.05) is 6.58 Å². The third-order valence-electron chi connectivity index (χ3n) is 1.52. The van der Waals surface area contributed by atoms with Crippen LogP contribution in [0, 0.1) is 17.2 Å². The maximum Gasteiger partial charge on any atom is 0.284 e. The van der Waals surface area contributed by atoms with Crippen molar-refractivity contribution in [2.75, 3.05) is 0 Å².